The summed E-state index contributed by atoms with van der Waals surface area (Å²) in [5.74, 6) is 0.0605. The number of nitrogens with one attached hydrogen (secondary N) is 1. The second kappa shape index (κ2) is 4.10. The lowest BCUT2D eigenvalue weighted by Crippen LogP contribution is -2.49. The van der Waals surface area contributed by atoms with Crippen LogP contribution in [0.3, 0.4) is 0 Å². The van der Waals surface area contributed by atoms with E-state index >= 15 is 0 Å². The van der Waals surface area contributed by atoms with E-state index in [1.807, 2.05) is 0 Å². The van der Waals surface area contributed by atoms with Gasteiger partial charge in [-0.15, -0.1) is 0 Å². The number of amides is 1. The summed E-state index contributed by atoms with van der Waals surface area (Å²) in [6.07, 6.45) is 3.90. The lowest BCUT2D eigenvalue weighted by molar-refractivity contribution is -0.128. The van der Waals surface area contributed by atoms with Crippen molar-refractivity contribution in [1.29, 1.82) is 0 Å². The molecule has 2 aliphatic rings. The molecule has 4 nitrogen and oxygen atoms in total. The highest BCUT2D eigenvalue weighted by molar-refractivity contribution is 5.85. The Morgan fingerprint density at radius 1 is 1.60 bits per heavy atom. The van der Waals surface area contributed by atoms with Gasteiger partial charge in [-0.2, -0.15) is 0 Å². The summed E-state index contributed by atoms with van der Waals surface area (Å²) >= 11 is 0. The largest absolute Gasteiger partial charge is 0.395 e. The van der Waals surface area contributed by atoms with Gasteiger partial charge in [-0.25, -0.2) is 0 Å². The van der Waals surface area contributed by atoms with Crippen molar-refractivity contribution in [3.05, 3.63) is 0 Å². The van der Waals surface area contributed by atoms with E-state index in [9.17, 15) is 4.79 Å². The first kappa shape index (κ1) is 10.9. The minimum absolute atomic E-state index is 0.00138. The van der Waals surface area contributed by atoms with Crippen molar-refractivity contribution < 1.29 is 9.90 Å². The van der Waals surface area contributed by atoms with Crippen LogP contribution in [0.1, 0.15) is 25.7 Å². The third-order valence-corrected chi connectivity index (χ3v) is 3.60. The Bertz CT molecular complexity index is 251. The van der Waals surface area contributed by atoms with Crippen molar-refractivity contribution in [1.82, 2.24) is 10.2 Å². The monoisotopic (exact) mass is 212 g/mol. The van der Waals surface area contributed by atoms with Crippen LogP contribution in [0.2, 0.25) is 0 Å². The summed E-state index contributed by atoms with van der Waals surface area (Å²) in [4.78, 5) is 14.1. The minimum atomic E-state index is -0.421. The molecule has 2 fully saturated rings. The molecule has 15 heavy (non-hydrogen) atoms. The first-order valence-electron chi connectivity index (χ1n) is 5.77. The second-order valence-electron chi connectivity index (χ2n) is 5.01. The molecule has 1 atom stereocenters. The molecular weight excluding hydrogens is 192 g/mol. The van der Waals surface area contributed by atoms with Crippen LogP contribution in [0.4, 0.5) is 0 Å². The summed E-state index contributed by atoms with van der Waals surface area (Å²) in [5.41, 5.74) is -0.421. The van der Waals surface area contributed by atoms with Gasteiger partial charge in [-0.3, -0.25) is 4.79 Å². The lowest BCUT2D eigenvalue weighted by atomic mass is 10.0. The van der Waals surface area contributed by atoms with Gasteiger partial charge in [-0.05, 0) is 39.3 Å². The molecule has 0 aromatic rings. The average molecular weight is 212 g/mol. The van der Waals surface area contributed by atoms with Crippen LogP contribution in [0, 0.1) is 5.41 Å². The average Bonchev–Trinajstić information content (AvgIpc) is 2.98. The van der Waals surface area contributed by atoms with E-state index in [0.717, 1.165) is 38.8 Å². The summed E-state index contributed by atoms with van der Waals surface area (Å²) in [6.45, 7) is 2.06. The van der Waals surface area contributed by atoms with Crippen molar-refractivity contribution in [3.63, 3.8) is 0 Å². The number of hydrogen-bond acceptors (Lipinski definition) is 3. The van der Waals surface area contributed by atoms with Crippen molar-refractivity contribution in [2.45, 2.75) is 31.7 Å². The van der Waals surface area contributed by atoms with E-state index in [2.05, 4.69) is 17.3 Å². The SMILES string of the molecule is CN1CCCC(NC(=O)C2(CO)CC2)C1. The first-order chi connectivity index (χ1) is 7.16. The predicted octanol–water partition coefficient (Wildman–Crippen LogP) is -0.0307. The highest BCUT2D eigenvalue weighted by atomic mass is 16.3. The number of aliphatic hydroxyl groups is 1. The van der Waals surface area contributed by atoms with Crippen molar-refractivity contribution in [2.75, 3.05) is 26.7 Å². The fourth-order valence-electron chi connectivity index (χ4n) is 2.23. The van der Waals surface area contributed by atoms with Crippen LogP contribution < -0.4 is 5.32 Å². The summed E-state index contributed by atoms with van der Waals surface area (Å²) < 4.78 is 0. The van der Waals surface area contributed by atoms with E-state index < -0.39 is 5.41 Å². The number of likely N-dealkylation sites (N-methyl/N-ethyl adjacent to an activating group) is 1. The van der Waals surface area contributed by atoms with Gasteiger partial charge < -0.3 is 15.3 Å². The predicted molar refractivity (Wildman–Crippen MR) is 57.4 cm³/mol. The molecule has 2 N–H and O–H groups in total. The molecule has 1 aliphatic heterocycles. The standard InChI is InChI=1S/C11H20N2O2/c1-13-6-2-3-9(7-13)12-10(15)11(8-14)4-5-11/h9,14H,2-8H2,1H3,(H,12,15). The fourth-order valence-corrected chi connectivity index (χ4v) is 2.23. The number of carbonyl (C=O) groups is 1. The summed E-state index contributed by atoms with van der Waals surface area (Å²) in [7, 11) is 2.08. The molecule has 0 spiro atoms. The zero-order chi connectivity index (χ0) is 10.9. The lowest BCUT2D eigenvalue weighted by Gasteiger charge is -2.31. The Morgan fingerprint density at radius 2 is 2.33 bits per heavy atom. The van der Waals surface area contributed by atoms with Crippen molar-refractivity contribution >= 4 is 5.91 Å². The molecule has 4 heteroatoms. The van der Waals surface area contributed by atoms with E-state index in [4.69, 9.17) is 5.11 Å². The molecule has 1 aliphatic carbocycles. The molecular formula is C11H20N2O2. The number of rotatable bonds is 3. The van der Waals surface area contributed by atoms with Gasteiger partial charge >= 0.3 is 0 Å². The van der Waals surface area contributed by atoms with Crippen molar-refractivity contribution in [3.8, 4) is 0 Å². The van der Waals surface area contributed by atoms with E-state index in [0.29, 0.717) is 0 Å². The van der Waals surface area contributed by atoms with E-state index in [1.54, 1.807) is 0 Å². The topological polar surface area (TPSA) is 52.6 Å². The zero-order valence-electron chi connectivity index (χ0n) is 9.33. The van der Waals surface area contributed by atoms with Crippen LogP contribution in [-0.2, 0) is 4.79 Å². The number of carbonyl (C=O) groups excluding carboxylic acids is 1. The van der Waals surface area contributed by atoms with Crippen LogP contribution in [0.15, 0.2) is 0 Å². The highest BCUT2D eigenvalue weighted by Gasteiger charge is 2.49. The molecule has 0 aromatic heterocycles. The Balaban J connectivity index is 1.83. The molecule has 0 radical (unpaired) electrons. The van der Waals surface area contributed by atoms with Crippen LogP contribution in [0.5, 0.6) is 0 Å². The smallest absolute Gasteiger partial charge is 0.228 e. The normalized spacial score (nSPS) is 29.9. The maximum absolute atomic E-state index is 11.8. The molecule has 1 unspecified atom stereocenters. The zero-order valence-corrected chi connectivity index (χ0v) is 9.33. The molecule has 1 heterocycles. The summed E-state index contributed by atoms with van der Waals surface area (Å²) in [5, 5.41) is 12.2. The fraction of sp³-hybridized carbons (Fsp3) is 0.909. The quantitative estimate of drug-likeness (QED) is 0.690. The molecule has 0 aromatic carbocycles. The Hall–Kier alpha value is -0.610. The van der Waals surface area contributed by atoms with Gasteiger partial charge in [0.1, 0.15) is 0 Å². The number of hydrogen-bond donors (Lipinski definition) is 2. The third-order valence-electron chi connectivity index (χ3n) is 3.60. The molecule has 1 amide bonds. The Morgan fingerprint density at radius 3 is 2.87 bits per heavy atom. The highest BCUT2D eigenvalue weighted by Crippen LogP contribution is 2.45. The maximum atomic E-state index is 11.8. The Kier molecular flexibility index (Phi) is 2.98. The molecule has 0 bridgehead atoms. The number of piperidine rings is 1. The maximum Gasteiger partial charge on any atom is 0.228 e. The number of aliphatic hydroxyl groups excluding tert-OH is 1. The van der Waals surface area contributed by atoms with Gasteiger partial charge in [0.15, 0.2) is 0 Å². The third kappa shape index (κ3) is 2.32. The molecule has 1 saturated carbocycles. The van der Waals surface area contributed by atoms with Gasteiger partial charge in [0.05, 0.1) is 12.0 Å². The second-order valence-corrected chi connectivity index (χ2v) is 5.01. The van der Waals surface area contributed by atoms with Gasteiger partial charge in [0, 0.05) is 12.6 Å². The first-order valence-corrected chi connectivity index (χ1v) is 5.77. The molecule has 86 valence electrons. The van der Waals surface area contributed by atoms with Gasteiger partial charge in [0.2, 0.25) is 5.91 Å². The van der Waals surface area contributed by atoms with E-state index in [-0.39, 0.29) is 18.6 Å². The number of nitrogens with zero attached hydrogens (tertiary/aromatic N) is 1. The Labute approximate surface area is 90.6 Å². The summed E-state index contributed by atoms with van der Waals surface area (Å²) in [6, 6.07) is 0.278. The van der Waals surface area contributed by atoms with Crippen LogP contribution in [-0.4, -0.2) is 48.7 Å². The van der Waals surface area contributed by atoms with Crippen LogP contribution >= 0.6 is 0 Å². The van der Waals surface area contributed by atoms with E-state index in [1.165, 1.54) is 0 Å². The minimum Gasteiger partial charge on any atom is -0.395 e. The van der Waals surface area contributed by atoms with Crippen molar-refractivity contribution in [2.24, 2.45) is 5.41 Å². The van der Waals surface area contributed by atoms with Crippen LogP contribution in [0.25, 0.3) is 0 Å². The van der Waals surface area contributed by atoms with Gasteiger partial charge in [-0.1, -0.05) is 0 Å². The van der Waals surface area contributed by atoms with Gasteiger partial charge in [0.25, 0.3) is 0 Å². The number of likely N-dealkylation sites (tertiary alicyclic amines) is 1. The molecule has 1 saturated heterocycles. The molecule has 2 rings (SSSR count).